The average molecular weight is 381 g/mol. The highest BCUT2D eigenvalue weighted by molar-refractivity contribution is 6.31. The van der Waals surface area contributed by atoms with Gasteiger partial charge in [-0.05, 0) is 35.9 Å². The summed E-state index contributed by atoms with van der Waals surface area (Å²) in [5, 5.41) is 4.07. The van der Waals surface area contributed by atoms with Gasteiger partial charge in [0.15, 0.2) is 0 Å². The monoisotopic (exact) mass is 380 g/mol. The number of fused-ring (bicyclic) bond motifs is 1. The van der Waals surface area contributed by atoms with E-state index in [-0.39, 0.29) is 0 Å². The normalized spacial score (nSPS) is 13.9. The first kappa shape index (κ1) is 17.8. The smallest absolute Gasteiger partial charge is 0.227 e. The molecule has 1 N–H and O–H groups in total. The largest absolute Gasteiger partial charge is 0.497 e. The van der Waals surface area contributed by atoms with Crippen LogP contribution in [-0.4, -0.2) is 28.5 Å². The third-order valence-corrected chi connectivity index (χ3v) is 5.08. The molecule has 0 amide bonds. The molecule has 0 radical (unpaired) electrons. The number of nitrogens with one attached hydrogen (secondary N) is 1. The van der Waals surface area contributed by atoms with Gasteiger partial charge in [-0.3, -0.25) is 4.90 Å². The molecule has 2 heterocycles. The van der Waals surface area contributed by atoms with Gasteiger partial charge >= 0.3 is 0 Å². The topological polar surface area (TPSA) is 50.3 Å². The molecule has 1 aliphatic heterocycles. The van der Waals surface area contributed by atoms with Crippen molar-refractivity contribution in [3.05, 3.63) is 76.6 Å². The number of hydrogen-bond acceptors (Lipinski definition) is 5. The molecule has 0 atom stereocenters. The molecule has 0 saturated carbocycles. The van der Waals surface area contributed by atoms with E-state index in [1.165, 1.54) is 5.56 Å². The predicted molar refractivity (Wildman–Crippen MR) is 108 cm³/mol. The molecule has 138 valence electrons. The third kappa shape index (κ3) is 4.21. The van der Waals surface area contributed by atoms with Gasteiger partial charge in [0.05, 0.1) is 12.8 Å². The summed E-state index contributed by atoms with van der Waals surface area (Å²) in [6.07, 6.45) is 2.83. The van der Waals surface area contributed by atoms with Crippen LogP contribution >= 0.6 is 11.6 Å². The lowest BCUT2D eigenvalue weighted by Gasteiger charge is -2.28. The molecule has 0 fully saturated rings. The minimum Gasteiger partial charge on any atom is -0.497 e. The molecule has 27 heavy (non-hydrogen) atoms. The Balaban J connectivity index is 1.44. The van der Waals surface area contributed by atoms with Crippen molar-refractivity contribution in [2.45, 2.75) is 19.5 Å². The Bertz CT molecular complexity index is 930. The number of nitrogens with zero attached hydrogens (tertiary/aromatic N) is 3. The molecule has 1 aromatic heterocycles. The fraction of sp³-hybridized carbons (Fsp3) is 0.238. The molecule has 5 nitrogen and oxygen atoms in total. The van der Waals surface area contributed by atoms with E-state index >= 15 is 0 Å². The first-order chi connectivity index (χ1) is 13.2. The maximum Gasteiger partial charge on any atom is 0.227 e. The number of methoxy groups -OCH3 is 1. The summed E-state index contributed by atoms with van der Waals surface area (Å²) >= 11 is 6.29. The Morgan fingerprint density at radius 1 is 1.15 bits per heavy atom. The summed E-state index contributed by atoms with van der Waals surface area (Å²) in [5.41, 5.74) is 4.37. The number of ether oxygens (including phenoxy) is 1. The van der Waals surface area contributed by atoms with Crippen LogP contribution in [0, 0.1) is 0 Å². The van der Waals surface area contributed by atoms with Crippen molar-refractivity contribution in [1.29, 1.82) is 0 Å². The Morgan fingerprint density at radius 3 is 2.74 bits per heavy atom. The minimum atomic E-state index is 0.624. The maximum absolute atomic E-state index is 6.29. The van der Waals surface area contributed by atoms with Crippen LogP contribution < -0.4 is 10.1 Å². The summed E-state index contributed by atoms with van der Waals surface area (Å²) in [6.45, 7) is 2.63. The average Bonchev–Trinajstić information content (AvgIpc) is 2.70. The Kier molecular flexibility index (Phi) is 5.23. The summed E-state index contributed by atoms with van der Waals surface area (Å²) in [4.78, 5) is 11.6. The van der Waals surface area contributed by atoms with Crippen molar-refractivity contribution in [3.8, 4) is 5.75 Å². The minimum absolute atomic E-state index is 0.624. The third-order valence-electron chi connectivity index (χ3n) is 4.71. The van der Waals surface area contributed by atoms with E-state index in [1.807, 2.05) is 48.7 Å². The van der Waals surface area contributed by atoms with Gasteiger partial charge in [-0.15, -0.1) is 0 Å². The van der Waals surface area contributed by atoms with Crippen LogP contribution in [0.2, 0.25) is 5.02 Å². The molecule has 3 aromatic rings. The molecule has 0 unspecified atom stereocenters. The van der Waals surface area contributed by atoms with Crippen molar-refractivity contribution in [1.82, 2.24) is 14.9 Å². The van der Waals surface area contributed by atoms with Crippen molar-refractivity contribution in [3.63, 3.8) is 0 Å². The fourth-order valence-electron chi connectivity index (χ4n) is 3.24. The molecule has 0 saturated heterocycles. The number of halogens is 1. The Morgan fingerprint density at radius 2 is 1.96 bits per heavy atom. The van der Waals surface area contributed by atoms with E-state index in [4.69, 9.17) is 21.3 Å². The van der Waals surface area contributed by atoms with E-state index < -0.39 is 0 Å². The van der Waals surface area contributed by atoms with Crippen molar-refractivity contribution in [2.24, 2.45) is 0 Å². The highest BCUT2D eigenvalue weighted by Gasteiger charge is 2.19. The van der Waals surface area contributed by atoms with Crippen molar-refractivity contribution >= 4 is 23.2 Å². The summed E-state index contributed by atoms with van der Waals surface area (Å²) in [5.74, 6) is 1.45. The SMILES string of the molecule is COc1ccc(Nc2ncc3c(n2)CCN(Cc2ccccc2Cl)C3)cc1. The second-order valence-electron chi connectivity index (χ2n) is 6.57. The van der Waals surface area contributed by atoms with Crippen LogP contribution in [0.5, 0.6) is 5.75 Å². The quantitative estimate of drug-likeness (QED) is 0.709. The van der Waals surface area contributed by atoms with E-state index in [9.17, 15) is 0 Å². The van der Waals surface area contributed by atoms with Gasteiger partial charge in [0, 0.05) is 48.5 Å². The summed E-state index contributed by atoms with van der Waals surface area (Å²) < 4.78 is 5.18. The zero-order valence-corrected chi connectivity index (χ0v) is 15.9. The van der Waals surface area contributed by atoms with E-state index in [0.29, 0.717) is 5.95 Å². The molecule has 0 aliphatic carbocycles. The second kappa shape index (κ2) is 7.94. The van der Waals surface area contributed by atoms with Gasteiger partial charge in [-0.2, -0.15) is 0 Å². The highest BCUT2D eigenvalue weighted by atomic mass is 35.5. The molecule has 0 spiro atoms. The standard InChI is InChI=1S/C21H21ClN4O/c1-27-18-8-6-17(7-9-18)24-21-23-12-16-14-26(11-10-20(16)25-21)13-15-4-2-3-5-19(15)22/h2-9,12H,10-11,13-14H2,1H3,(H,23,24,25). The maximum atomic E-state index is 6.29. The van der Waals surface area contributed by atoms with Crippen LogP contribution in [0.15, 0.2) is 54.7 Å². The van der Waals surface area contributed by atoms with Crippen LogP contribution in [0.3, 0.4) is 0 Å². The van der Waals surface area contributed by atoms with E-state index in [2.05, 4.69) is 21.3 Å². The molecule has 2 aromatic carbocycles. The van der Waals surface area contributed by atoms with Gasteiger partial charge < -0.3 is 10.1 Å². The van der Waals surface area contributed by atoms with Crippen LogP contribution in [-0.2, 0) is 19.5 Å². The number of benzene rings is 2. The van der Waals surface area contributed by atoms with Crippen LogP contribution in [0.1, 0.15) is 16.8 Å². The Hall–Kier alpha value is -2.63. The highest BCUT2D eigenvalue weighted by Crippen LogP contribution is 2.24. The first-order valence-electron chi connectivity index (χ1n) is 8.93. The van der Waals surface area contributed by atoms with Crippen LogP contribution in [0.25, 0.3) is 0 Å². The van der Waals surface area contributed by atoms with Crippen LogP contribution in [0.4, 0.5) is 11.6 Å². The molecular weight excluding hydrogens is 360 g/mol. The molecule has 4 rings (SSSR count). The summed E-state index contributed by atoms with van der Waals surface area (Å²) in [6, 6.07) is 15.7. The van der Waals surface area contributed by atoms with Gasteiger partial charge in [0.25, 0.3) is 0 Å². The van der Waals surface area contributed by atoms with Gasteiger partial charge in [0.1, 0.15) is 5.75 Å². The first-order valence-corrected chi connectivity index (χ1v) is 9.31. The van der Waals surface area contributed by atoms with E-state index in [0.717, 1.165) is 53.8 Å². The number of rotatable bonds is 5. The second-order valence-corrected chi connectivity index (χ2v) is 6.98. The van der Waals surface area contributed by atoms with Gasteiger partial charge in [0.2, 0.25) is 5.95 Å². The number of anilines is 2. The number of hydrogen-bond donors (Lipinski definition) is 1. The zero-order valence-electron chi connectivity index (χ0n) is 15.2. The van der Waals surface area contributed by atoms with Crippen molar-refractivity contribution < 1.29 is 4.74 Å². The number of aromatic nitrogens is 2. The predicted octanol–water partition coefficient (Wildman–Crippen LogP) is 4.44. The lowest BCUT2D eigenvalue weighted by atomic mass is 10.1. The lowest BCUT2D eigenvalue weighted by molar-refractivity contribution is 0.243. The summed E-state index contributed by atoms with van der Waals surface area (Å²) in [7, 11) is 1.66. The lowest BCUT2D eigenvalue weighted by Crippen LogP contribution is -2.31. The molecule has 0 bridgehead atoms. The van der Waals surface area contributed by atoms with Crippen molar-refractivity contribution in [2.75, 3.05) is 19.0 Å². The fourth-order valence-corrected chi connectivity index (χ4v) is 3.44. The van der Waals surface area contributed by atoms with Gasteiger partial charge in [-0.1, -0.05) is 29.8 Å². The zero-order chi connectivity index (χ0) is 18.6. The van der Waals surface area contributed by atoms with Gasteiger partial charge in [-0.25, -0.2) is 9.97 Å². The molecular formula is C21H21ClN4O. The molecule has 6 heteroatoms. The molecule has 1 aliphatic rings. The Labute approximate surface area is 164 Å². The van der Waals surface area contributed by atoms with E-state index in [1.54, 1.807) is 7.11 Å².